The van der Waals surface area contributed by atoms with Gasteiger partial charge in [-0.3, -0.25) is 9.69 Å². The Morgan fingerprint density at radius 1 is 1.10 bits per heavy atom. The molecule has 0 radical (unpaired) electrons. The average Bonchev–Trinajstić information content (AvgIpc) is 2.73. The van der Waals surface area contributed by atoms with Crippen molar-refractivity contribution < 1.29 is 18.0 Å². The molecule has 0 bridgehead atoms. The molecule has 9 heteroatoms. The van der Waals surface area contributed by atoms with E-state index in [0.717, 1.165) is 12.1 Å². The van der Waals surface area contributed by atoms with Gasteiger partial charge in [0.1, 0.15) is 5.82 Å². The Labute approximate surface area is 176 Å². The first-order chi connectivity index (χ1) is 14.6. The average molecular weight is 423 g/mol. The van der Waals surface area contributed by atoms with E-state index in [9.17, 15) is 23.2 Å². The lowest BCUT2D eigenvalue weighted by molar-refractivity contribution is -0.137. The summed E-state index contributed by atoms with van der Waals surface area (Å²) in [6, 6.07) is 14.6. The lowest BCUT2D eigenvalue weighted by Gasteiger charge is -2.36. The summed E-state index contributed by atoms with van der Waals surface area (Å²) in [6.07, 6.45) is -4.59. The second-order valence-electron chi connectivity index (χ2n) is 6.82. The SMILES string of the molecule is CC1=C(C#N)C(c2ccc(C#N)cc2)C(C(N)=O)=C(N)N1c1cccc(C(F)(F)F)c1. The van der Waals surface area contributed by atoms with Crippen LogP contribution >= 0.6 is 0 Å². The first-order valence-corrected chi connectivity index (χ1v) is 8.98. The molecule has 3 rings (SSSR count). The van der Waals surface area contributed by atoms with Gasteiger partial charge >= 0.3 is 6.18 Å². The Morgan fingerprint density at radius 2 is 1.74 bits per heavy atom. The number of nitriles is 2. The van der Waals surface area contributed by atoms with Crippen molar-refractivity contribution in [2.75, 3.05) is 4.90 Å². The maximum absolute atomic E-state index is 13.2. The highest BCUT2D eigenvalue weighted by molar-refractivity contribution is 5.97. The lowest BCUT2D eigenvalue weighted by Crippen LogP contribution is -2.38. The quantitative estimate of drug-likeness (QED) is 0.781. The zero-order valence-electron chi connectivity index (χ0n) is 16.2. The summed E-state index contributed by atoms with van der Waals surface area (Å²) < 4.78 is 39.6. The molecule has 0 saturated carbocycles. The van der Waals surface area contributed by atoms with Crippen LogP contribution in [-0.2, 0) is 11.0 Å². The van der Waals surface area contributed by atoms with Gasteiger partial charge in [0.25, 0.3) is 0 Å². The van der Waals surface area contributed by atoms with Gasteiger partial charge in [0.2, 0.25) is 5.91 Å². The number of nitrogens with two attached hydrogens (primary N) is 2. The van der Waals surface area contributed by atoms with Crippen LogP contribution in [0.4, 0.5) is 18.9 Å². The molecular formula is C22H16F3N5O. The molecule has 6 nitrogen and oxygen atoms in total. The maximum Gasteiger partial charge on any atom is 0.416 e. The summed E-state index contributed by atoms with van der Waals surface area (Å²) in [7, 11) is 0. The first-order valence-electron chi connectivity index (χ1n) is 8.98. The van der Waals surface area contributed by atoms with Gasteiger partial charge in [-0.15, -0.1) is 0 Å². The minimum absolute atomic E-state index is 0.0367. The third kappa shape index (κ3) is 3.81. The number of amides is 1. The van der Waals surface area contributed by atoms with Gasteiger partial charge in [-0.25, -0.2) is 0 Å². The second-order valence-corrected chi connectivity index (χ2v) is 6.82. The fraction of sp³-hybridized carbons (Fsp3) is 0.136. The molecule has 0 spiro atoms. The van der Waals surface area contributed by atoms with Crippen LogP contribution < -0.4 is 16.4 Å². The van der Waals surface area contributed by atoms with Gasteiger partial charge < -0.3 is 11.5 Å². The van der Waals surface area contributed by atoms with Crippen LogP contribution in [-0.4, -0.2) is 5.91 Å². The lowest BCUT2D eigenvalue weighted by atomic mass is 9.80. The van der Waals surface area contributed by atoms with Gasteiger partial charge in [-0.2, -0.15) is 23.7 Å². The molecular weight excluding hydrogens is 407 g/mol. The van der Waals surface area contributed by atoms with Gasteiger partial charge in [-0.05, 0) is 42.8 Å². The third-order valence-corrected chi connectivity index (χ3v) is 5.01. The van der Waals surface area contributed by atoms with Crippen LogP contribution in [0.3, 0.4) is 0 Å². The summed E-state index contributed by atoms with van der Waals surface area (Å²) in [6.45, 7) is 1.53. The standard InChI is InChI=1S/C22H16F3N5O/c1-12-17(11-27)18(14-7-5-13(10-26)6-8-14)19(21(29)31)20(28)30(12)16-4-2-3-15(9-16)22(23,24)25/h2-9,18H,28H2,1H3,(H2,29,31). The van der Waals surface area contributed by atoms with E-state index in [4.69, 9.17) is 16.7 Å². The monoisotopic (exact) mass is 423 g/mol. The second kappa shape index (κ2) is 7.88. The Hall–Kier alpha value is -4.24. The van der Waals surface area contributed by atoms with E-state index in [-0.39, 0.29) is 28.4 Å². The highest BCUT2D eigenvalue weighted by atomic mass is 19.4. The van der Waals surface area contributed by atoms with Crippen molar-refractivity contribution in [3.05, 3.63) is 87.9 Å². The summed E-state index contributed by atoms with van der Waals surface area (Å²) in [4.78, 5) is 13.6. The molecule has 2 aromatic carbocycles. The molecule has 156 valence electrons. The number of primary amides is 1. The summed E-state index contributed by atoms with van der Waals surface area (Å²) in [5.74, 6) is -2.00. The normalized spacial score (nSPS) is 16.7. The van der Waals surface area contributed by atoms with Crippen LogP contribution in [0.2, 0.25) is 0 Å². The molecule has 4 N–H and O–H groups in total. The van der Waals surface area contributed by atoms with Crippen molar-refractivity contribution in [3.8, 4) is 12.1 Å². The Balaban J connectivity index is 2.24. The summed E-state index contributed by atoms with van der Waals surface area (Å²) in [5.41, 5.74) is 12.1. The van der Waals surface area contributed by atoms with E-state index in [2.05, 4.69) is 0 Å². The largest absolute Gasteiger partial charge is 0.416 e. The number of alkyl halides is 3. The van der Waals surface area contributed by atoms with Crippen LogP contribution in [0.25, 0.3) is 0 Å². The van der Waals surface area contributed by atoms with Crippen LogP contribution in [0, 0.1) is 22.7 Å². The molecule has 1 atom stereocenters. The zero-order valence-corrected chi connectivity index (χ0v) is 16.2. The zero-order chi connectivity index (χ0) is 22.9. The number of carbonyl (C=O) groups excluding carboxylic acids is 1. The molecule has 1 unspecified atom stereocenters. The Bertz CT molecular complexity index is 1200. The van der Waals surface area contributed by atoms with Crippen molar-refractivity contribution in [2.24, 2.45) is 11.5 Å². The molecule has 2 aromatic rings. The van der Waals surface area contributed by atoms with Gasteiger partial charge in [-0.1, -0.05) is 18.2 Å². The fourth-order valence-corrected chi connectivity index (χ4v) is 3.57. The number of hydrogen-bond donors (Lipinski definition) is 2. The number of allylic oxidation sites excluding steroid dienone is 2. The molecule has 1 heterocycles. The maximum atomic E-state index is 13.2. The molecule has 31 heavy (non-hydrogen) atoms. The van der Waals surface area contributed by atoms with E-state index < -0.39 is 23.6 Å². The van der Waals surface area contributed by atoms with E-state index in [1.165, 1.54) is 36.1 Å². The highest BCUT2D eigenvalue weighted by Crippen LogP contribution is 2.43. The number of hydrogen-bond acceptors (Lipinski definition) is 5. The van der Waals surface area contributed by atoms with Crippen LogP contribution in [0.1, 0.15) is 29.5 Å². The van der Waals surface area contributed by atoms with Crippen molar-refractivity contribution in [1.29, 1.82) is 10.5 Å². The molecule has 0 aliphatic carbocycles. The van der Waals surface area contributed by atoms with Crippen LogP contribution in [0.15, 0.2) is 71.2 Å². The van der Waals surface area contributed by atoms with E-state index in [1.807, 2.05) is 12.1 Å². The first kappa shape index (κ1) is 21.5. The van der Waals surface area contributed by atoms with Crippen molar-refractivity contribution in [3.63, 3.8) is 0 Å². The molecule has 1 aliphatic rings. The molecule has 0 saturated heterocycles. The number of benzene rings is 2. The molecule has 1 aliphatic heterocycles. The molecule has 1 amide bonds. The Morgan fingerprint density at radius 3 is 2.26 bits per heavy atom. The smallest absolute Gasteiger partial charge is 0.384 e. The van der Waals surface area contributed by atoms with Gasteiger partial charge in [0, 0.05) is 11.4 Å². The molecule has 0 aromatic heterocycles. The van der Waals surface area contributed by atoms with Crippen molar-refractivity contribution in [2.45, 2.75) is 19.0 Å². The van der Waals surface area contributed by atoms with Crippen molar-refractivity contribution >= 4 is 11.6 Å². The van der Waals surface area contributed by atoms with E-state index in [1.54, 1.807) is 12.1 Å². The topological polar surface area (TPSA) is 120 Å². The Kier molecular flexibility index (Phi) is 5.46. The third-order valence-electron chi connectivity index (χ3n) is 5.01. The molecule has 0 fully saturated rings. The number of nitrogens with zero attached hydrogens (tertiary/aromatic N) is 3. The van der Waals surface area contributed by atoms with Crippen LogP contribution in [0.5, 0.6) is 0 Å². The number of rotatable bonds is 3. The minimum Gasteiger partial charge on any atom is -0.384 e. The minimum atomic E-state index is -4.59. The predicted octanol–water partition coefficient (Wildman–Crippen LogP) is 3.63. The van der Waals surface area contributed by atoms with Gasteiger partial charge in [0.05, 0.1) is 40.3 Å². The number of anilines is 1. The predicted molar refractivity (Wildman–Crippen MR) is 107 cm³/mol. The summed E-state index contributed by atoms with van der Waals surface area (Å²) >= 11 is 0. The van der Waals surface area contributed by atoms with Gasteiger partial charge in [0.15, 0.2) is 0 Å². The number of carbonyl (C=O) groups is 1. The number of halogens is 3. The van der Waals surface area contributed by atoms with Crippen molar-refractivity contribution in [1.82, 2.24) is 0 Å². The van der Waals surface area contributed by atoms with E-state index in [0.29, 0.717) is 11.1 Å². The summed E-state index contributed by atoms with van der Waals surface area (Å²) in [5, 5.41) is 18.8. The fourth-order valence-electron chi connectivity index (χ4n) is 3.57. The van der Waals surface area contributed by atoms with E-state index >= 15 is 0 Å². The highest BCUT2D eigenvalue weighted by Gasteiger charge is 2.38.